The second-order valence-electron chi connectivity index (χ2n) is 17.6. The minimum absolute atomic E-state index is 0.0636. The maximum absolute atomic E-state index is 13.7. The summed E-state index contributed by atoms with van der Waals surface area (Å²) in [6, 6.07) is 10.8. The summed E-state index contributed by atoms with van der Waals surface area (Å²) in [6.07, 6.45) is 6.59. The molecule has 2 fully saturated rings. The number of ether oxygens (including phenoxy) is 6. The van der Waals surface area contributed by atoms with E-state index in [4.69, 9.17) is 28.4 Å². The van der Waals surface area contributed by atoms with E-state index >= 15 is 0 Å². The molecule has 2 saturated heterocycles. The van der Waals surface area contributed by atoms with Gasteiger partial charge in [-0.2, -0.15) is 0 Å². The van der Waals surface area contributed by atoms with Crippen LogP contribution in [0.4, 0.5) is 0 Å². The number of benzene rings is 2. The molecule has 4 aromatic heterocycles. The summed E-state index contributed by atoms with van der Waals surface area (Å²) < 4.78 is 91.8. The van der Waals surface area contributed by atoms with E-state index < -0.39 is 42.4 Å². The highest BCUT2D eigenvalue weighted by Gasteiger charge is 2.38. The number of methoxy groups -OCH3 is 6. The minimum Gasteiger partial charge on any atom is -0.494 e. The summed E-state index contributed by atoms with van der Waals surface area (Å²) in [4.78, 5) is 17.1. The Balaban J connectivity index is 0.000000211. The van der Waals surface area contributed by atoms with Crippen molar-refractivity contribution in [3.8, 4) is 34.4 Å². The molecule has 2 aliphatic rings. The van der Waals surface area contributed by atoms with Gasteiger partial charge in [0, 0.05) is 63.9 Å². The number of nitrogens with zero attached hydrogens (tertiary/aromatic N) is 10. The van der Waals surface area contributed by atoms with Crippen molar-refractivity contribution in [3.63, 3.8) is 0 Å². The summed E-state index contributed by atoms with van der Waals surface area (Å²) in [7, 11) is 1.56. The molecule has 2 N–H and O–H groups in total. The van der Waals surface area contributed by atoms with Crippen LogP contribution in [0.5, 0.6) is 23.0 Å². The number of hydrogen-bond donors (Lipinski definition) is 2. The summed E-state index contributed by atoms with van der Waals surface area (Å²) in [5.41, 5.74) is 2.88. The topological polar surface area (TPSA) is 261 Å². The van der Waals surface area contributed by atoms with Gasteiger partial charge < -0.3 is 39.1 Å². The zero-order valence-corrected chi connectivity index (χ0v) is 43.9. The molecule has 0 aliphatic carbocycles. The summed E-state index contributed by atoms with van der Waals surface area (Å²) >= 11 is 0. The molecule has 8 rings (SSSR count). The van der Waals surface area contributed by atoms with Crippen molar-refractivity contribution in [1.82, 2.24) is 60.1 Å². The van der Waals surface area contributed by atoms with Gasteiger partial charge in [-0.25, -0.2) is 36.8 Å². The number of nitrogens with one attached hydrogen (secondary N) is 2. The number of para-hydroxylation sites is 2. The van der Waals surface area contributed by atoms with Gasteiger partial charge >= 0.3 is 0 Å². The van der Waals surface area contributed by atoms with E-state index in [-0.39, 0.29) is 35.0 Å². The molecule has 0 radical (unpaired) electrons. The first-order valence-corrected chi connectivity index (χ1v) is 26.8. The van der Waals surface area contributed by atoms with Crippen LogP contribution in [0.25, 0.3) is 11.4 Å². The van der Waals surface area contributed by atoms with E-state index in [1.807, 2.05) is 26.0 Å². The van der Waals surface area contributed by atoms with Gasteiger partial charge in [0.15, 0.2) is 43.0 Å². The smallest absolute Gasteiger partial charge is 0.163 e. The molecule has 6 heterocycles. The molecule has 0 unspecified atom stereocenters. The normalized spacial score (nSPS) is 17.6. The molecule has 72 heavy (non-hydrogen) atoms. The fourth-order valence-electron chi connectivity index (χ4n) is 8.83. The Morgan fingerprint density at radius 3 is 1.17 bits per heavy atom. The summed E-state index contributed by atoms with van der Waals surface area (Å²) in [5, 5.41) is 22.4. The standard InChI is InChI=1S/2C24H32N6O5S/c2*1-15-11-26-23(27-12-15)22(35-5)16(2)36(31,32)14-20-28-29-24(17-9-10-25-13-17)30(20)21-18(33-3)7-6-8-19(21)34-4/h2*6-8,11-12,16-17,22,25H,9-10,13-14H2,1-5H3/t16-,17+,22-;16-,17-,22-/m00/s1. The molecular formula is C48H64N12O10S2. The van der Waals surface area contributed by atoms with E-state index in [2.05, 4.69) is 51.0 Å². The van der Waals surface area contributed by atoms with Crippen LogP contribution in [-0.2, 0) is 40.7 Å². The second kappa shape index (κ2) is 23.6. The first-order chi connectivity index (χ1) is 34.6. The van der Waals surface area contributed by atoms with Gasteiger partial charge in [-0.3, -0.25) is 9.13 Å². The van der Waals surface area contributed by atoms with Gasteiger partial charge in [0.25, 0.3) is 0 Å². The fourth-order valence-corrected chi connectivity index (χ4v) is 11.7. The lowest BCUT2D eigenvalue weighted by Crippen LogP contribution is -2.30. The van der Waals surface area contributed by atoms with Gasteiger partial charge in [0.2, 0.25) is 0 Å². The van der Waals surface area contributed by atoms with Crippen LogP contribution in [0, 0.1) is 13.8 Å². The highest BCUT2D eigenvalue weighted by molar-refractivity contribution is 7.91. The van der Waals surface area contributed by atoms with Crippen molar-refractivity contribution in [1.29, 1.82) is 0 Å². The first-order valence-electron chi connectivity index (χ1n) is 23.4. The van der Waals surface area contributed by atoms with Gasteiger partial charge in [-0.15, -0.1) is 20.4 Å². The van der Waals surface area contributed by atoms with Crippen LogP contribution >= 0.6 is 0 Å². The van der Waals surface area contributed by atoms with Crippen LogP contribution < -0.4 is 29.6 Å². The first kappa shape index (κ1) is 53.6. The Morgan fingerprint density at radius 1 is 0.556 bits per heavy atom. The van der Waals surface area contributed by atoms with Gasteiger partial charge in [0.1, 0.15) is 69.7 Å². The molecule has 0 amide bonds. The highest BCUT2D eigenvalue weighted by atomic mass is 32.2. The number of aromatic nitrogens is 10. The molecule has 22 nitrogen and oxygen atoms in total. The van der Waals surface area contributed by atoms with E-state index in [0.29, 0.717) is 57.7 Å². The van der Waals surface area contributed by atoms with E-state index in [9.17, 15) is 16.8 Å². The van der Waals surface area contributed by atoms with E-state index in [1.54, 1.807) is 100 Å². The van der Waals surface area contributed by atoms with Crippen molar-refractivity contribution in [2.45, 2.75) is 86.6 Å². The number of aryl methyl sites for hydroxylation is 2. The van der Waals surface area contributed by atoms with Crippen LogP contribution in [0.2, 0.25) is 0 Å². The Bertz CT molecular complexity index is 2730. The third-order valence-electron chi connectivity index (χ3n) is 12.9. The lowest BCUT2D eigenvalue weighted by Gasteiger charge is -2.22. The average Bonchev–Trinajstić information content (AvgIpc) is 4.24. The SMILES string of the molecule is COc1cccc(OC)c1-n1c(CS(=O)(=O)[C@@H](C)[C@H](OC)c2ncc(C)cn2)nnc1[C@@H]1CCNC1.COc1cccc(OC)c1-n1c(CS(=O)(=O)[C@@H](C)[C@H](OC)c2ncc(C)cn2)nnc1[C@H]1CCNC1. The van der Waals surface area contributed by atoms with Crippen LogP contribution in [-0.4, -0.2) is 146 Å². The Kier molecular flexibility index (Phi) is 17.6. The lowest BCUT2D eigenvalue weighted by atomic mass is 10.1. The van der Waals surface area contributed by atoms with Gasteiger partial charge in [-0.05, 0) is 89.0 Å². The quantitative estimate of drug-likeness (QED) is 0.108. The van der Waals surface area contributed by atoms with Crippen LogP contribution in [0.15, 0.2) is 61.2 Å². The number of hydrogen-bond acceptors (Lipinski definition) is 20. The van der Waals surface area contributed by atoms with Crippen molar-refractivity contribution in [2.24, 2.45) is 0 Å². The van der Waals surface area contributed by atoms with Crippen molar-refractivity contribution < 1.29 is 45.3 Å². The molecule has 2 aliphatic heterocycles. The largest absolute Gasteiger partial charge is 0.494 e. The van der Waals surface area contributed by atoms with Gasteiger partial charge in [-0.1, -0.05) is 12.1 Å². The molecule has 6 aromatic rings. The minimum atomic E-state index is -3.79. The van der Waals surface area contributed by atoms with E-state index in [1.165, 1.54) is 14.2 Å². The molecule has 0 bridgehead atoms. The maximum Gasteiger partial charge on any atom is 0.163 e. The fraction of sp³-hybridized carbons (Fsp3) is 0.500. The molecule has 6 atom stereocenters. The molecule has 0 saturated carbocycles. The predicted molar refractivity (Wildman–Crippen MR) is 267 cm³/mol. The molecule has 2 aromatic carbocycles. The average molecular weight is 1030 g/mol. The molecule has 24 heteroatoms. The van der Waals surface area contributed by atoms with Crippen molar-refractivity contribution in [2.75, 3.05) is 68.8 Å². The summed E-state index contributed by atoms with van der Waals surface area (Å²) in [6.45, 7) is 10.0. The molecule has 388 valence electrons. The van der Waals surface area contributed by atoms with Gasteiger partial charge in [0.05, 0.1) is 38.9 Å². The van der Waals surface area contributed by atoms with Crippen LogP contribution in [0.1, 0.15) is 96.8 Å². The Morgan fingerprint density at radius 2 is 0.889 bits per heavy atom. The predicted octanol–water partition coefficient (Wildman–Crippen LogP) is 4.30. The Labute approximate surface area is 420 Å². The monoisotopic (exact) mass is 1030 g/mol. The van der Waals surface area contributed by atoms with Crippen molar-refractivity contribution in [3.05, 3.63) is 107 Å². The second-order valence-corrected chi connectivity index (χ2v) is 22.3. The Hall–Kier alpha value is -6.18. The van der Waals surface area contributed by atoms with Crippen molar-refractivity contribution >= 4 is 19.7 Å². The number of rotatable bonds is 20. The lowest BCUT2D eigenvalue weighted by molar-refractivity contribution is 0.0947. The maximum atomic E-state index is 13.7. The molecular weight excluding hydrogens is 969 g/mol. The van der Waals surface area contributed by atoms with Crippen LogP contribution in [0.3, 0.4) is 0 Å². The third-order valence-corrected chi connectivity index (χ3v) is 17.0. The number of sulfone groups is 2. The zero-order valence-electron chi connectivity index (χ0n) is 42.3. The molecule has 0 spiro atoms. The summed E-state index contributed by atoms with van der Waals surface area (Å²) in [5.74, 6) is 3.96. The highest BCUT2D eigenvalue weighted by Crippen LogP contribution is 2.39. The van der Waals surface area contributed by atoms with E-state index in [0.717, 1.165) is 50.1 Å². The zero-order chi connectivity index (χ0) is 51.7. The third kappa shape index (κ3) is 11.5.